The number of alkyl halides is 3. The Morgan fingerprint density at radius 1 is 1.04 bits per heavy atom. The number of nitrogens with zero attached hydrogens (tertiary/aromatic N) is 2. The highest BCUT2D eigenvalue weighted by Crippen LogP contribution is 2.26. The number of primary amides is 1. The fraction of sp³-hybridized carbons (Fsp3) is 0.250. The monoisotopic (exact) mass is 368 g/mol. The Kier molecular flexibility index (Phi) is 5.15. The molecular formula is C16H15F3N4O3. The highest BCUT2D eigenvalue weighted by Gasteiger charge is 2.31. The van der Waals surface area contributed by atoms with E-state index in [0.29, 0.717) is 5.56 Å². The van der Waals surface area contributed by atoms with Gasteiger partial charge >= 0.3 is 6.36 Å². The van der Waals surface area contributed by atoms with Crippen molar-refractivity contribution >= 4 is 11.8 Å². The molecule has 0 saturated carbocycles. The predicted octanol–water partition coefficient (Wildman–Crippen LogP) is 2.14. The molecule has 138 valence electrons. The van der Waals surface area contributed by atoms with Gasteiger partial charge in [-0.3, -0.25) is 9.59 Å². The first-order valence-corrected chi connectivity index (χ1v) is 7.28. The van der Waals surface area contributed by atoms with E-state index in [2.05, 4.69) is 20.0 Å². The van der Waals surface area contributed by atoms with Gasteiger partial charge in [-0.05, 0) is 31.5 Å². The Labute approximate surface area is 146 Å². The maximum atomic E-state index is 12.3. The SMILES string of the molecule is CC(C)(NC(=O)c1cnc(C(N)=O)cn1)c1ccc(OC(F)(F)F)cc1. The number of carbonyl (C=O) groups is 2. The molecule has 0 aliphatic heterocycles. The number of benzene rings is 1. The van der Waals surface area contributed by atoms with Crippen LogP contribution in [-0.4, -0.2) is 28.1 Å². The van der Waals surface area contributed by atoms with E-state index in [1.807, 2.05) is 0 Å². The first-order chi connectivity index (χ1) is 12.0. The number of carbonyl (C=O) groups excluding carboxylic acids is 2. The molecule has 0 fully saturated rings. The third kappa shape index (κ3) is 4.91. The first-order valence-electron chi connectivity index (χ1n) is 7.28. The summed E-state index contributed by atoms with van der Waals surface area (Å²) in [6, 6.07) is 5.11. The fourth-order valence-electron chi connectivity index (χ4n) is 2.07. The molecular weight excluding hydrogens is 353 g/mol. The lowest BCUT2D eigenvalue weighted by molar-refractivity contribution is -0.274. The van der Waals surface area contributed by atoms with Crippen molar-refractivity contribution in [2.24, 2.45) is 5.73 Å². The number of rotatable bonds is 5. The summed E-state index contributed by atoms with van der Waals surface area (Å²) < 4.78 is 40.4. The molecule has 0 spiro atoms. The summed E-state index contributed by atoms with van der Waals surface area (Å²) in [6.45, 7) is 3.32. The van der Waals surface area contributed by atoms with E-state index < -0.39 is 23.7 Å². The Balaban J connectivity index is 2.11. The molecule has 0 radical (unpaired) electrons. The molecule has 1 aromatic heterocycles. The summed E-state index contributed by atoms with van der Waals surface area (Å²) in [6.07, 6.45) is -2.60. The van der Waals surface area contributed by atoms with E-state index in [1.165, 1.54) is 12.1 Å². The summed E-state index contributed by atoms with van der Waals surface area (Å²) in [5.74, 6) is -1.71. The second kappa shape index (κ2) is 6.98. The molecule has 0 bridgehead atoms. The zero-order valence-electron chi connectivity index (χ0n) is 13.8. The number of ether oxygens (including phenoxy) is 1. The second-order valence-electron chi connectivity index (χ2n) is 5.80. The first kappa shape index (κ1) is 19.2. The van der Waals surface area contributed by atoms with Gasteiger partial charge in [-0.2, -0.15) is 0 Å². The molecule has 7 nitrogen and oxygen atoms in total. The number of hydrogen-bond donors (Lipinski definition) is 2. The summed E-state index contributed by atoms with van der Waals surface area (Å²) in [5.41, 5.74) is 4.55. The van der Waals surface area contributed by atoms with Gasteiger partial charge in [0.1, 0.15) is 17.1 Å². The molecule has 10 heteroatoms. The number of halogens is 3. The van der Waals surface area contributed by atoms with E-state index in [-0.39, 0.29) is 17.1 Å². The fourth-order valence-corrected chi connectivity index (χ4v) is 2.07. The third-order valence-electron chi connectivity index (χ3n) is 3.37. The molecule has 1 heterocycles. The van der Waals surface area contributed by atoms with Gasteiger partial charge in [0.2, 0.25) is 0 Å². The quantitative estimate of drug-likeness (QED) is 0.841. The lowest BCUT2D eigenvalue weighted by Crippen LogP contribution is -2.41. The number of nitrogens with one attached hydrogen (secondary N) is 1. The van der Waals surface area contributed by atoms with Crippen LogP contribution in [0.4, 0.5) is 13.2 Å². The van der Waals surface area contributed by atoms with E-state index in [9.17, 15) is 22.8 Å². The van der Waals surface area contributed by atoms with Gasteiger partial charge < -0.3 is 15.8 Å². The minimum Gasteiger partial charge on any atom is -0.406 e. The van der Waals surface area contributed by atoms with Crippen LogP contribution in [0.15, 0.2) is 36.7 Å². The normalized spacial score (nSPS) is 11.7. The van der Waals surface area contributed by atoms with E-state index >= 15 is 0 Å². The van der Waals surface area contributed by atoms with Crippen molar-refractivity contribution in [2.75, 3.05) is 0 Å². The smallest absolute Gasteiger partial charge is 0.406 e. The highest BCUT2D eigenvalue weighted by atomic mass is 19.4. The summed E-state index contributed by atoms with van der Waals surface area (Å²) in [4.78, 5) is 30.8. The largest absolute Gasteiger partial charge is 0.573 e. The lowest BCUT2D eigenvalue weighted by Gasteiger charge is -2.27. The lowest BCUT2D eigenvalue weighted by atomic mass is 9.94. The molecule has 0 unspecified atom stereocenters. The van der Waals surface area contributed by atoms with Gasteiger partial charge in [0.25, 0.3) is 11.8 Å². The number of hydrogen-bond acceptors (Lipinski definition) is 5. The molecule has 2 rings (SSSR count). The van der Waals surface area contributed by atoms with Gasteiger partial charge in [-0.25, -0.2) is 9.97 Å². The van der Waals surface area contributed by atoms with E-state index in [1.54, 1.807) is 13.8 Å². The number of nitrogens with two attached hydrogens (primary N) is 1. The van der Waals surface area contributed by atoms with Crippen LogP contribution in [0.5, 0.6) is 5.75 Å². The molecule has 0 atom stereocenters. The van der Waals surface area contributed by atoms with Crippen LogP contribution in [0.25, 0.3) is 0 Å². The maximum Gasteiger partial charge on any atom is 0.573 e. The molecule has 0 saturated heterocycles. The predicted molar refractivity (Wildman–Crippen MR) is 84.2 cm³/mol. The Morgan fingerprint density at radius 2 is 1.58 bits per heavy atom. The third-order valence-corrected chi connectivity index (χ3v) is 3.37. The van der Waals surface area contributed by atoms with Crippen molar-refractivity contribution in [3.05, 3.63) is 53.6 Å². The van der Waals surface area contributed by atoms with Gasteiger partial charge in [-0.15, -0.1) is 13.2 Å². The van der Waals surface area contributed by atoms with Crippen molar-refractivity contribution in [2.45, 2.75) is 25.7 Å². The zero-order chi connectivity index (χ0) is 19.5. The number of amides is 2. The molecule has 3 N–H and O–H groups in total. The molecule has 0 aliphatic rings. The second-order valence-corrected chi connectivity index (χ2v) is 5.80. The van der Waals surface area contributed by atoms with Crippen LogP contribution >= 0.6 is 0 Å². The Hall–Kier alpha value is -3.17. The van der Waals surface area contributed by atoms with Gasteiger partial charge in [0, 0.05) is 0 Å². The van der Waals surface area contributed by atoms with Crippen molar-refractivity contribution in [3.63, 3.8) is 0 Å². The Morgan fingerprint density at radius 3 is 2.04 bits per heavy atom. The van der Waals surface area contributed by atoms with Gasteiger partial charge in [-0.1, -0.05) is 12.1 Å². The average Bonchev–Trinajstić information content (AvgIpc) is 2.53. The van der Waals surface area contributed by atoms with Gasteiger partial charge in [0.05, 0.1) is 17.9 Å². The van der Waals surface area contributed by atoms with Crippen LogP contribution in [-0.2, 0) is 5.54 Å². The van der Waals surface area contributed by atoms with Crippen molar-refractivity contribution in [3.8, 4) is 5.75 Å². The standard InChI is InChI=1S/C16H15F3N4O3/c1-15(2,9-3-5-10(6-4-9)26-16(17,18)19)23-14(25)12-8-21-11(7-22-12)13(20)24/h3-8H,1-2H3,(H2,20,24)(H,23,25). The Bertz CT molecular complexity index is 803. The number of aromatic nitrogens is 2. The average molecular weight is 368 g/mol. The van der Waals surface area contributed by atoms with Crippen LogP contribution in [0.3, 0.4) is 0 Å². The van der Waals surface area contributed by atoms with E-state index in [0.717, 1.165) is 24.5 Å². The highest BCUT2D eigenvalue weighted by molar-refractivity contribution is 5.94. The van der Waals surface area contributed by atoms with Gasteiger partial charge in [0.15, 0.2) is 0 Å². The van der Waals surface area contributed by atoms with Crippen molar-refractivity contribution in [1.82, 2.24) is 15.3 Å². The summed E-state index contributed by atoms with van der Waals surface area (Å²) in [7, 11) is 0. The molecule has 1 aromatic carbocycles. The molecule has 0 aliphatic carbocycles. The topological polar surface area (TPSA) is 107 Å². The van der Waals surface area contributed by atoms with Crippen LogP contribution < -0.4 is 15.8 Å². The zero-order valence-corrected chi connectivity index (χ0v) is 13.8. The summed E-state index contributed by atoms with van der Waals surface area (Å²) in [5, 5.41) is 2.68. The molecule has 2 aromatic rings. The van der Waals surface area contributed by atoms with Crippen LogP contribution in [0.1, 0.15) is 40.4 Å². The van der Waals surface area contributed by atoms with Crippen LogP contribution in [0, 0.1) is 0 Å². The minimum absolute atomic E-state index is 0.0416. The maximum absolute atomic E-state index is 12.3. The molecule has 2 amide bonds. The van der Waals surface area contributed by atoms with Crippen LogP contribution in [0.2, 0.25) is 0 Å². The van der Waals surface area contributed by atoms with Crippen molar-refractivity contribution in [1.29, 1.82) is 0 Å². The molecule has 26 heavy (non-hydrogen) atoms. The van der Waals surface area contributed by atoms with E-state index in [4.69, 9.17) is 5.73 Å². The summed E-state index contributed by atoms with van der Waals surface area (Å²) >= 11 is 0. The minimum atomic E-state index is -4.78. The van der Waals surface area contributed by atoms with Crippen molar-refractivity contribution < 1.29 is 27.5 Å².